The number of carbonyl (C=O) groups excluding carboxylic acids is 2. The minimum atomic E-state index is -3.58. The summed E-state index contributed by atoms with van der Waals surface area (Å²) in [6.45, 7) is 8.93. The first kappa shape index (κ1) is 21.4. The van der Waals surface area contributed by atoms with Crippen LogP contribution in [0.25, 0.3) is 0 Å². The third-order valence-electron chi connectivity index (χ3n) is 4.95. The van der Waals surface area contributed by atoms with Crippen molar-refractivity contribution >= 4 is 21.8 Å². The van der Waals surface area contributed by atoms with Gasteiger partial charge in [-0.15, -0.1) is 0 Å². The molecule has 0 radical (unpaired) electrons. The van der Waals surface area contributed by atoms with Crippen LogP contribution in [0.3, 0.4) is 0 Å². The first-order chi connectivity index (χ1) is 12.7. The molecule has 0 atom stereocenters. The molecule has 8 heteroatoms. The van der Waals surface area contributed by atoms with Crippen molar-refractivity contribution in [2.24, 2.45) is 0 Å². The van der Waals surface area contributed by atoms with E-state index in [4.69, 9.17) is 0 Å². The molecule has 1 saturated heterocycles. The third-order valence-corrected chi connectivity index (χ3v) is 6.94. The number of benzene rings is 1. The summed E-state index contributed by atoms with van der Waals surface area (Å²) in [7, 11) is -3.58. The minimum absolute atomic E-state index is 0.174. The molecule has 1 aliphatic heterocycles. The number of rotatable bonds is 7. The average molecular weight is 396 g/mol. The minimum Gasteiger partial charge on any atom is -0.352 e. The molecule has 1 N–H and O–H groups in total. The molecule has 0 spiro atoms. The maximum Gasteiger partial charge on any atom is 0.254 e. The first-order valence-corrected chi connectivity index (χ1v) is 10.8. The van der Waals surface area contributed by atoms with Crippen molar-refractivity contribution in [3.63, 3.8) is 0 Å². The molecule has 1 heterocycles. The van der Waals surface area contributed by atoms with E-state index < -0.39 is 15.6 Å². The second-order valence-corrected chi connectivity index (χ2v) is 9.08. The lowest BCUT2D eigenvalue weighted by molar-refractivity contribution is -0.133. The Hall–Kier alpha value is -1.93. The predicted octanol–water partition coefficient (Wildman–Crippen LogP) is 1.85. The van der Waals surface area contributed by atoms with Gasteiger partial charge >= 0.3 is 0 Å². The quantitative estimate of drug-likeness (QED) is 0.763. The van der Waals surface area contributed by atoms with Crippen LogP contribution in [0, 0.1) is 0 Å². The maximum absolute atomic E-state index is 12.8. The van der Waals surface area contributed by atoms with Gasteiger partial charge in [0.15, 0.2) is 0 Å². The molecule has 1 fully saturated rings. The molecule has 0 bridgehead atoms. The Labute approximate surface area is 161 Å². The highest BCUT2D eigenvalue weighted by molar-refractivity contribution is 7.89. The first-order valence-electron chi connectivity index (χ1n) is 9.36. The van der Waals surface area contributed by atoms with Crippen LogP contribution in [0.15, 0.2) is 29.2 Å². The molecule has 2 amide bonds. The van der Waals surface area contributed by atoms with Crippen molar-refractivity contribution < 1.29 is 18.0 Å². The fourth-order valence-electron chi connectivity index (χ4n) is 3.11. The van der Waals surface area contributed by atoms with Gasteiger partial charge < -0.3 is 10.2 Å². The number of nitrogens with one attached hydrogen (secondary N) is 1. The third kappa shape index (κ3) is 4.32. The van der Waals surface area contributed by atoms with E-state index in [1.807, 2.05) is 13.8 Å². The van der Waals surface area contributed by atoms with Crippen LogP contribution >= 0.6 is 0 Å². The van der Waals surface area contributed by atoms with E-state index in [-0.39, 0.29) is 16.7 Å². The fourth-order valence-corrected chi connectivity index (χ4v) is 4.60. The van der Waals surface area contributed by atoms with Gasteiger partial charge in [-0.3, -0.25) is 9.59 Å². The summed E-state index contributed by atoms with van der Waals surface area (Å²) in [6.07, 6.45) is 1.72. The summed E-state index contributed by atoms with van der Waals surface area (Å²) in [5, 5.41) is 2.76. The molecule has 27 heavy (non-hydrogen) atoms. The molecule has 0 unspecified atom stereocenters. The van der Waals surface area contributed by atoms with Crippen LogP contribution in [-0.4, -0.2) is 61.2 Å². The number of piperazine rings is 1. The highest BCUT2D eigenvalue weighted by Gasteiger charge is 2.40. The van der Waals surface area contributed by atoms with Crippen molar-refractivity contribution in [2.75, 3.05) is 26.2 Å². The van der Waals surface area contributed by atoms with Gasteiger partial charge in [0.05, 0.1) is 4.90 Å². The number of hydrogen-bond acceptors (Lipinski definition) is 4. The van der Waals surface area contributed by atoms with E-state index >= 15 is 0 Å². The Morgan fingerprint density at radius 3 is 2.41 bits per heavy atom. The Bertz CT molecular complexity index is 788. The molecule has 1 aromatic rings. The van der Waals surface area contributed by atoms with Crippen LogP contribution in [0.2, 0.25) is 0 Å². The summed E-state index contributed by atoms with van der Waals surface area (Å²) in [6, 6.07) is 5.97. The fraction of sp³-hybridized carbons (Fsp3) is 0.579. The van der Waals surface area contributed by atoms with Crippen LogP contribution < -0.4 is 5.32 Å². The number of carbonyl (C=O) groups is 2. The van der Waals surface area contributed by atoms with Crippen molar-refractivity contribution in [3.05, 3.63) is 29.8 Å². The van der Waals surface area contributed by atoms with Gasteiger partial charge in [-0.25, -0.2) is 8.42 Å². The van der Waals surface area contributed by atoms with E-state index in [1.54, 1.807) is 13.8 Å². The molecule has 7 nitrogen and oxygen atoms in total. The van der Waals surface area contributed by atoms with Gasteiger partial charge in [-0.05, 0) is 44.5 Å². The lowest BCUT2D eigenvalue weighted by Gasteiger charge is -2.41. The number of amides is 2. The number of unbranched alkanes of at least 4 members (excludes halogenated alkanes) is 1. The maximum atomic E-state index is 12.8. The van der Waals surface area contributed by atoms with Gasteiger partial charge in [-0.1, -0.05) is 20.3 Å². The Morgan fingerprint density at radius 2 is 1.85 bits per heavy atom. The molecule has 2 rings (SSSR count). The van der Waals surface area contributed by atoms with Gasteiger partial charge in [0.25, 0.3) is 5.91 Å². The molecule has 1 aliphatic rings. The summed E-state index contributed by atoms with van der Waals surface area (Å²) in [5.41, 5.74) is -0.576. The molecular weight excluding hydrogens is 366 g/mol. The molecule has 150 valence electrons. The van der Waals surface area contributed by atoms with Crippen LogP contribution in [0.4, 0.5) is 0 Å². The smallest absolute Gasteiger partial charge is 0.254 e. The average Bonchev–Trinajstić information content (AvgIpc) is 2.64. The van der Waals surface area contributed by atoms with Gasteiger partial charge in [0, 0.05) is 31.7 Å². The summed E-state index contributed by atoms with van der Waals surface area (Å²) < 4.78 is 27.0. The summed E-state index contributed by atoms with van der Waals surface area (Å²) >= 11 is 0. The van der Waals surface area contributed by atoms with E-state index in [0.29, 0.717) is 31.7 Å². The molecule has 0 aromatic heterocycles. The molecule has 0 saturated carbocycles. The van der Waals surface area contributed by atoms with Gasteiger partial charge in [-0.2, -0.15) is 4.31 Å². The summed E-state index contributed by atoms with van der Waals surface area (Å²) in [5.74, 6) is -0.479. The molecular formula is C19H29N3O4S. The van der Waals surface area contributed by atoms with Crippen molar-refractivity contribution in [3.8, 4) is 0 Å². The van der Waals surface area contributed by atoms with E-state index in [9.17, 15) is 18.0 Å². The summed E-state index contributed by atoms with van der Waals surface area (Å²) in [4.78, 5) is 26.6. The lowest BCUT2D eigenvalue weighted by atomic mass is 9.97. The van der Waals surface area contributed by atoms with Crippen molar-refractivity contribution in [1.29, 1.82) is 0 Å². The van der Waals surface area contributed by atoms with Crippen LogP contribution in [0.5, 0.6) is 0 Å². The number of nitrogens with zero attached hydrogens (tertiary/aromatic N) is 2. The van der Waals surface area contributed by atoms with E-state index in [1.165, 1.54) is 33.5 Å². The second kappa shape index (κ2) is 8.39. The predicted molar refractivity (Wildman–Crippen MR) is 104 cm³/mol. The van der Waals surface area contributed by atoms with Crippen molar-refractivity contribution in [1.82, 2.24) is 14.5 Å². The zero-order valence-corrected chi connectivity index (χ0v) is 17.3. The Balaban J connectivity index is 2.24. The van der Waals surface area contributed by atoms with Crippen LogP contribution in [0.1, 0.15) is 50.9 Å². The molecule has 1 aromatic carbocycles. The second-order valence-electron chi connectivity index (χ2n) is 7.15. The van der Waals surface area contributed by atoms with Gasteiger partial charge in [0.2, 0.25) is 15.9 Å². The highest BCUT2D eigenvalue weighted by Crippen LogP contribution is 2.22. The Kier molecular flexibility index (Phi) is 6.64. The number of sulfonamides is 1. The zero-order valence-electron chi connectivity index (χ0n) is 16.5. The Morgan fingerprint density at radius 1 is 1.22 bits per heavy atom. The largest absolute Gasteiger partial charge is 0.352 e. The number of hydrogen-bond donors (Lipinski definition) is 1. The highest BCUT2D eigenvalue weighted by atomic mass is 32.2. The molecule has 0 aliphatic carbocycles. The monoisotopic (exact) mass is 395 g/mol. The lowest BCUT2D eigenvalue weighted by Crippen LogP contribution is -2.63. The topological polar surface area (TPSA) is 86.8 Å². The standard InChI is InChI=1S/C19H29N3O4S/c1-5-7-13-21(6-2)27(25,26)16-10-8-15(9-11-16)17(23)22-14-12-20-18(24)19(22,3)4/h8-11H,5-7,12-14H2,1-4H3,(H,20,24). The zero-order chi connectivity index (χ0) is 20.2. The normalized spacial score (nSPS) is 17.1. The van der Waals surface area contributed by atoms with E-state index in [0.717, 1.165) is 12.8 Å². The SMILES string of the molecule is CCCCN(CC)S(=O)(=O)c1ccc(C(=O)N2CCNC(=O)C2(C)C)cc1. The van der Waals surface area contributed by atoms with Crippen molar-refractivity contribution in [2.45, 2.75) is 51.0 Å². The van der Waals surface area contributed by atoms with Gasteiger partial charge in [0.1, 0.15) is 5.54 Å². The van der Waals surface area contributed by atoms with E-state index in [2.05, 4.69) is 5.32 Å². The van der Waals surface area contributed by atoms with Crippen LogP contribution in [-0.2, 0) is 14.8 Å².